The molecule has 4 heteroatoms. The Morgan fingerprint density at radius 3 is 2.67 bits per heavy atom. The molecule has 0 aliphatic carbocycles. The smallest absolute Gasteiger partial charge is 0.266 e. The highest BCUT2D eigenvalue weighted by atomic mass is 19.3. The fourth-order valence-electron chi connectivity index (χ4n) is 1.82. The van der Waals surface area contributed by atoms with E-state index in [-0.39, 0.29) is 13.0 Å². The van der Waals surface area contributed by atoms with Crippen molar-refractivity contribution in [2.45, 2.75) is 12.3 Å². The molecule has 0 radical (unpaired) electrons. The highest BCUT2D eigenvalue weighted by molar-refractivity contribution is 5.84. The first-order valence-corrected chi connectivity index (χ1v) is 4.79. The van der Waals surface area contributed by atoms with Crippen LogP contribution in [0.25, 0.3) is 0 Å². The average Bonchev–Trinajstić information content (AvgIpc) is 2.59. The summed E-state index contributed by atoms with van der Waals surface area (Å²) >= 11 is 0. The van der Waals surface area contributed by atoms with Gasteiger partial charge in [-0.25, -0.2) is 8.78 Å². The van der Waals surface area contributed by atoms with Crippen LogP contribution in [-0.2, 0) is 0 Å². The lowest BCUT2D eigenvalue weighted by Crippen LogP contribution is -2.25. The molecule has 0 amide bonds. The Morgan fingerprint density at radius 1 is 1.33 bits per heavy atom. The molecule has 0 aromatic heterocycles. The topological polar surface area (TPSA) is 20.3 Å². The van der Waals surface area contributed by atoms with Crippen molar-refractivity contribution in [1.82, 2.24) is 0 Å². The average molecular weight is 211 g/mol. The third-order valence-corrected chi connectivity index (χ3v) is 2.57. The molecule has 0 unspecified atom stereocenters. The van der Waals surface area contributed by atoms with Gasteiger partial charge in [0.25, 0.3) is 5.92 Å². The Hall–Kier alpha value is -1.45. The molecule has 0 spiro atoms. The SMILES string of the molecule is O=Cc1ccccc1N1CCC(F)(F)C1. The maximum Gasteiger partial charge on any atom is 0.266 e. The molecular weight excluding hydrogens is 200 g/mol. The van der Waals surface area contributed by atoms with Gasteiger partial charge in [-0.2, -0.15) is 0 Å². The van der Waals surface area contributed by atoms with Gasteiger partial charge >= 0.3 is 0 Å². The van der Waals surface area contributed by atoms with Crippen molar-refractivity contribution >= 4 is 12.0 Å². The molecule has 80 valence electrons. The fourth-order valence-corrected chi connectivity index (χ4v) is 1.82. The van der Waals surface area contributed by atoms with Crippen LogP contribution < -0.4 is 4.90 Å². The van der Waals surface area contributed by atoms with E-state index >= 15 is 0 Å². The highest BCUT2D eigenvalue weighted by Gasteiger charge is 2.38. The fraction of sp³-hybridized carbons (Fsp3) is 0.364. The van der Waals surface area contributed by atoms with E-state index < -0.39 is 5.92 Å². The summed E-state index contributed by atoms with van der Waals surface area (Å²) < 4.78 is 26.0. The van der Waals surface area contributed by atoms with Gasteiger partial charge in [0.2, 0.25) is 0 Å². The zero-order valence-corrected chi connectivity index (χ0v) is 8.12. The van der Waals surface area contributed by atoms with Crippen molar-refractivity contribution in [2.75, 3.05) is 18.0 Å². The maximum absolute atomic E-state index is 13.0. The number of aldehydes is 1. The first-order chi connectivity index (χ1) is 7.12. The number of alkyl halides is 2. The van der Waals surface area contributed by atoms with Crippen molar-refractivity contribution in [2.24, 2.45) is 0 Å². The van der Waals surface area contributed by atoms with Crippen molar-refractivity contribution in [3.63, 3.8) is 0 Å². The summed E-state index contributed by atoms with van der Waals surface area (Å²) in [5.41, 5.74) is 1.07. The van der Waals surface area contributed by atoms with Crippen LogP contribution in [0.1, 0.15) is 16.8 Å². The number of benzene rings is 1. The van der Waals surface area contributed by atoms with E-state index in [1.54, 1.807) is 29.2 Å². The van der Waals surface area contributed by atoms with Gasteiger partial charge in [0.15, 0.2) is 6.29 Å². The predicted octanol–water partition coefficient (Wildman–Crippen LogP) is 2.34. The van der Waals surface area contributed by atoms with Crippen molar-refractivity contribution in [3.05, 3.63) is 29.8 Å². The number of nitrogens with zero attached hydrogens (tertiary/aromatic N) is 1. The Labute approximate surface area is 86.5 Å². The Bertz CT molecular complexity index is 379. The Balaban J connectivity index is 2.27. The van der Waals surface area contributed by atoms with Gasteiger partial charge in [0.1, 0.15) is 0 Å². The monoisotopic (exact) mass is 211 g/mol. The quantitative estimate of drug-likeness (QED) is 0.700. The maximum atomic E-state index is 13.0. The van der Waals surface area contributed by atoms with Gasteiger partial charge in [0, 0.05) is 24.2 Å². The number of hydrogen-bond acceptors (Lipinski definition) is 2. The van der Waals surface area contributed by atoms with Crippen LogP contribution in [-0.4, -0.2) is 25.3 Å². The zero-order chi connectivity index (χ0) is 10.9. The summed E-state index contributed by atoms with van der Waals surface area (Å²) in [7, 11) is 0. The zero-order valence-electron chi connectivity index (χ0n) is 8.12. The van der Waals surface area contributed by atoms with Gasteiger partial charge < -0.3 is 4.90 Å². The molecule has 0 N–H and O–H groups in total. The molecule has 0 saturated carbocycles. The summed E-state index contributed by atoms with van der Waals surface area (Å²) in [6.07, 6.45) is 0.561. The third-order valence-electron chi connectivity index (χ3n) is 2.57. The van der Waals surface area contributed by atoms with Gasteiger partial charge in [-0.1, -0.05) is 12.1 Å². The number of carbonyl (C=O) groups excluding carboxylic acids is 1. The molecule has 1 saturated heterocycles. The summed E-state index contributed by atoms with van der Waals surface area (Å²) in [6.45, 7) is 0.00963. The van der Waals surface area contributed by atoms with E-state index in [9.17, 15) is 13.6 Å². The largest absolute Gasteiger partial charge is 0.365 e. The second kappa shape index (κ2) is 3.61. The molecule has 0 atom stereocenters. The van der Waals surface area contributed by atoms with Crippen LogP contribution in [0.5, 0.6) is 0 Å². The van der Waals surface area contributed by atoms with Crippen LogP contribution in [0, 0.1) is 0 Å². The molecular formula is C11H11F2NO. The molecule has 1 aromatic carbocycles. The second-order valence-corrected chi connectivity index (χ2v) is 3.70. The van der Waals surface area contributed by atoms with Crippen LogP contribution in [0.2, 0.25) is 0 Å². The predicted molar refractivity (Wildman–Crippen MR) is 53.6 cm³/mol. The van der Waals surface area contributed by atoms with Crippen molar-refractivity contribution < 1.29 is 13.6 Å². The number of carbonyl (C=O) groups is 1. The van der Waals surface area contributed by atoms with E-state index in [1.807, 2.05) is 0 Å². The summed E-state index contributed by atoms with van der Waals surface area (Å²) in [5, 5.41) is 0. The van der Waals surface area contributed by atoms with E-state index in [2.05, 4.69) is 0 Å². The van der Waals surface area contributed by atoms with E-state index in [4.69, 9.17) is 0 Å². The number of rotatable bonds is 2. The van der Waals surface area contributed by atoms with Crippen LogP contribution in [0.3, 0.4) is 0 Å². The van der Waals surface area contributed by atoms with Gasteiger partial charge in [0.05, 0.1) is 6.54 Å². The van der Waals surface area contributed by atoms with Crippen LogP contribution >= 0.6 is 0 Å². The second-order valence-electron chi connectivity index (χ2n) is 3.70. The Morgan fingerprint density at radius 2 is 2.07 bits per heavy atom. The minimum absolute atomic E-state index is 0.139. The molecule has 2 rings (SSSR count). The summed E-state index contributed by atoms with van der Waals surface area (Å²) in [5.74, 6) is -2.63. The molecule has 1 aliphatic heterocycles. The van der Waals surface area contributed by atoms with E-state index in [0.717, 1.165) is 0 Å². The van der Waals surface area contributed by atoms with E-state index in [1.165, 1.54) is 0 Å². The van der Waals surface area contributed by atoms with Crippen LogP contribution in [0.4, 0.5) is 14.5 Å². The van der Waals surface area contributed by atoms with Crippen LogP contribution in [0.15, 0.2) is 24.3 Å². The molecule has 15 heavy (non-hydrogen) atoms. The minimum atomic E-state index is -2.63. The summed E-state index contributed by atoms with van der Waals surface area (Å²) in [4.78, 5) is 12.3. The number of halogens is 2. The first kappa shape index (κ1) is 10.1. The minimum Gasteiger partial charge on any atom is -0.365 e. The molecule has 1 aliphatic rings. The molecule has 1 aromatic rings. The Kier molecular flexibility index (Phi) is 2.42. The van der Waals surface area contributed by atoms with Gasteiger partial charge in [-0.15, -0.1) is 0 Å². The first-order valence-electron chi connectivity index (χ1n) is 4.79. The molecule has 1 heterocycles. The highest BCUT2D eigenvalue weighted by Crippen LogP contribution is 2.31. The molecule has 1 fully saturated rings. The number of hydrogen-bond donors (Lipinski definition) is 0. The lowest BCUT2D eigenvalue weighted by molar-refractivity contribution is 0.0257. The van der Waals surface area contributed by atoms with E-state index in [0.29, 0.717) is 24.1 Å². The van der Waals surface area contributed by atoms with Gasteiger partial charge in [-0.3, -0.25) is 4.79 Å². The third kappa shape index (κ3) is 1.98. The van der Waals surface area contributed by atoms with Crippen molar-refractivity contribution in [3.8, 4) is 0 Å². The lowest BCUT2D eigenvalue weighted by atomic mass is 10.2. The number of anilines is 1. The summed E-state index contributed by atoms with van der Waals surface area (Å²) in [6, 6.07) is 6.81. The molecule has 2 nitrogen and oxygen atoms in total. The standard InChI is InChI=1S/C11H11F2NO/c12-11(13)5-6-14(8-11)10-4-2-1-3-9(10)7-15/h1-4,7H,5-6,8H2. The lowest BCUT2D eigenvalue weighted by Gasteiger charge is -2.19. The van der Waals surface area contributed by atoms with Crippen molar-refractivity contribution in [1.29, 1.82) is 0 Å². The normalized spacial score (nSPS) is 19.2. The number of para-hydroxylation sites is 1. The van der Waals surface area contributed by atoms with Gasteiger partial charge in [-0.05, 0) is 12.1 Å². The molecule has 0 bridgehead atoms.